The first-order valence-electron chi connectivity index (χ1n) is 9.08. The SMILES string of the molecule is O=C(O)CN(CC1CC1)C1CC(NC(=O)C2COc3ccccc32)C1. The highest BCUT2D eigenvalue weighted by atomic mass is 16.5. The van der Waals surface area contributed by atoms with Crippen molar-refractivity contribution in [3.63, 3.8) is 0 Å². The van der Waals surface area contributed by atoms with Crippen LogP contribution in [0.25, 0.3) is 0 Å². The molecule has 0 bridgehead atoms. The standard InChI is InChI=1S/C19H24N2O4/c22-18(23)10-21(9-12-5-6-12)14-7-13(8-14)20-19(24)16-11-25-17-4-2-1-3-15(16)17/h1-4,12-14,16H,5-11H2,(H,20,24)(H,22,23). The van der Waals surface area contributed by atoms with Gasteiger partial charge < -0.3 is 15.2 Å². The van der Waals surface area contributed by atoms with Gasteiger partial charge >= 0.3 is 5.97 Å². The highest BCUT2D eigenvalue weighted by Crippen LogP contribution is 2.36. The molecule has 0 radical (unpaired) electrons. The molecule has 4 rings (SSSR count). The topological polar surface area (TPSA) is 78.9 Å². The van der Waals surface area contributed by atoms with Crippen LogP contribution in [0.15, 0.2) is 24.3 Å². The van der Waals surface area contributed by atoms with Crippen molar-refractivity contribution in [2.24, 2.45) is 5.92 Å². The Balaban J connectivity index is 1.29. The van der Waals surface area contributed by atoms with Crippen LogP contribution in [-0.4, -0.2) is 53.7 Å². The summed E-state index contributed by atoms with van der Waals surface area (Å²) in [7, 11) is 0. The van der Waals surface area contributed by atoms with Crippen molar-refractivity contribution in [2.45, 2.75) is 43.7 Å². The first-order valence-corrected chi connectivity index (χ1v) is 9.08. The Hall–Kier alpha value is -2.08. The molecule has 2 N–H and O–H groups in total. The molecule has 1 aromatic carbocycles. The van der Waals surface area contributed by atoms with Gasteiger partial charge in [-0.15, -0.1) is 0 Å². The van der Waals surface area contributed by atoms with E-state index in [0.717, 1.165) is 30.7 Å². The molecule has 1 heterocycles. The summed E-state index contributed by atoms with van der Waals surface area (Å²) in [6.45, 7) is 1.38. The summed E-state index contributed by atoms with van der Waals surface area (Å²) in [6.07, 6.45) is 4.09. The zero-order valence-electron chi connectivity index (χ0n) is 14.2. The highest BCUT2D eigenvalue weighted by molar-refractivity contribution is 5.85. The predicted octanol–water partition coefficient (Wildman–Crippen LogP) is 1.61. The van der Waals surface area contributed by atoms with Crippen LogP contribution in [-0.2, 0) is 9.59 Å². The van der Waals surface area contributed by atoms with Gasteiger partial charge in [0.15, 0.2) is 0 Å². The highest BCUT2D eigenvalue weighted by Gasteiger charge is 2.39. The van der Waals surface area contributed by atoms with E-state index in [0.29, 0.717) is 12.5 Å². The Labute approximate surface area is 147 Å². The van der Waals surface area contributed by atoms with Gasteiger partial charge in [0, 0.05) is 24.2 Å². The quantitative estimate of drug-likeness (QED) is 0.786. The fourth-order valence-corrected chi connectivity index (χ4v) is 3.83. The molecule has 134 valence electrons. The molecule has 25 heavy (non-hydrogen) atoms. The van der Waals surface area contributed by atoms with Crippen LogP contribution in [0.3, 0.4) is 0 Å². The minimum absolute atomic E-state index is 0.0142. The van der Waals surface area contributed by atoms with Gasteiger partial charge in [-0.25, -0.2) is 0 Å². The lowest BCUT2D eigenvalue weighted by atomic mass is 9.84. The third-order valence-corrected chi connectivity index (χ3v) is 5.52. The summed E-state index contributed by atoms with van der Waals surface area (Å²) in [6, 6.07) is 8.08. The summed E-state index contributed by atoms with van der Waals surface area (Å²) in [5, 5.41) is 12.2. The number of nitrogens with zero attached hydrogens (tertiary/aromatic N) is 1. The zero-order chi connectivity index (χ0) is 17.4. The zero-order valence-corrected chi connectivity index (χ0v) is 14.2. The molecular formula is C19H24N2O4. The number of hydrogen-bond acceptors (Lipinski definition) is 4. The summed E-state index contributed by atoms with van der Waals surface area (Å²) >= 11 is 0. The third-order valence-electron chi connectivity index (χ3n) is 5.52. The van der Waals surface area contributed by atoms with Crippen molar-refractivity contribution in [3.05, 3.63) is 29.8 Å². The maximum Gasteiger partial charge on any atom is 0.317 e. The van der Waals surface area contributed by atoms with Gasteiger partial charge in [-0.2, -0.15) is 0 Å². The molecule has 6 nitrogen and oxygen atoms in total. The first-order chi connectivity index (χ1) is 12.1. The Morgan fingerprint density at radius 2 is 2.00 bits per heavy atom. The Kier molecular flexibility index (Phi) is 4.37. The number of amides is 1. The number of carboxylic acid groups (broad SMARTS) is 1. The van der Waals surface area contributed by atoms with Crippen LogP contribution in [0.1, 0.15) is 37.2 Å². The van der Waals surface area contributed by atoms with Gasteiger partial charge in [0.05, 0.1) is 6.54 Å². The molecule has 2 fully saturated rings. The van der Waals surface area contributed by atoms with Crippen molar-refractivity contribution < 1.29 is 19.4 Å². The Morgan fingerprint density at radius 3 is 2.72 bits per heavy atom. The number of carbonyl (C=O) groups is 2. The number of ether oxygens (including phenoxy) is 1. The Bertz CT molecular complexity index is 667. The number of para-hydroxylation sites is 1. The van der Waals surface area contributed by atoms with Crippen molar-refractivity contribution in [2.75, 3.05) is 19.7 Å². The van der Waals surface area contributed by atoms with Gasteiger partial charge in [0.1, 0.15) is 18.3 Å². The van der Waals surface area contributed by atoms with E-state index in [-0.39, 0.29) is 30.5 Å². The largest absolute Gasteiger partial charge is 0.492 e. The molecule has 1 atom stereocenters. The normalized spacial score (nSPS) is 27.3. The van der Waals surface area contributed by atoms with E-state index in [1.54, 1.807) is 0 Å². The van der Waals surface area contributed by atoms with Crippen LogP contribution in [0.5, 0.6) is 5.75 Å². The Morgan fingerprint density at radius 1 is 1.24 bits per heavy atom. The van der Waals surface area contributed by atoms with Crippen molar-refractivity contribution >= 4 is 11.9 Å². The van der Waals surface area contributed by atoms with E-state index < -0.39 is 5.97 Å². The number of fused-ring (bicyclic) bond motifs is 1. The van der Waals surface area contributed by atoms with E-state index >= 15 is 0 Å². The second-order valence-electron chi connectivity index (χ2n) is 7.50. The summed E-state index contributed by atoms with van der Waals surface area (Å²) in [4.78, 5) is 25.7. The maximum absolute atomic E-state index is 12.6. The van der Waals surface area contributed by atoms with E-state index in [1.807, 2.05) is 24.3 Å². The van der Waals surface area contributed by atoms with Gasteiger partial charge in [-0.05, 0) is 37.7 Å². The van der Waals surface area contributed by atoms with Crippen LogP contribution >= 0.6 is 0 Å². The number of rotatable bonds is 7. The van der Waals surface area contributed by atoms with E-state index in [4.69, 9.17) is 9.84 Å². The van der Waals surface area contributed by atoms with Crippen LogP contribution < -0.4 is 10.1 Å². The molecule has 1 aromatic rings. The molecule has 1 aliphatic heterocycles. The molecule has 0 spiro atoms. The average molecular weight is 344 g/mol. The maximum atomic E-state index is 12.6. The lowest BCUT2D eigenvalue weighted by Crippen LogP contribution is -2.56. The average Bonchev–Trinajstić information content (AvgIpc) is 3.24. The molecule has 1 amide bonds. The summed E-state index contributed by atoms with van der Waals surface area (Å²) < 4.78 is 5.58. The van der Waals surface area contributed by atoms with Crippen LogP contribution in [0.4, 0.5) is 0 Å². The molecule has 2 saturated carbocycles. The summed E-state index contributed by atoms with van der Waals surface area (Å²) in [5.41, 5.74) is 0.956. The molecule has 3 aliphatic rings. The van der Waals surface area contributed by atoms with Gasteiger partial charge in [0.25, 0.3) is 0 Å². The fraction of sp³-hybridized carbons (Fsp3) is 0.579. The monoisotopic (exact) mass is 344 g/mol. The van der Waals surface area contributed by atoms with Crippen molar-refractivity contribution in [1.82, 2.24) is 10.2 Å². The predicted molar refractivity (Wildman–Crippen MR) is 91.6 cm³/mol. The molecule has 6 heteroatoms. The fourth-order valence-electron chi connectivity index (χ4n) is 3.83. The van der Waals surface area contributed by atoms with Gasteiger partial charge in [0.2, 0.25) is 5.91 Å². The molecule has 1 unspecified atom stereocenters. The number of carbonyl (C=O) groups excluding carboxylic acids is 1. The molecular weight excluding hydrogens is 320 g/mol. The first kappa shape index (κ1) is 16.4. The number of nitrogens with one attached hydrogen (secondary N) is 1. The lowest BCUT2D eigenvalue weighted by Gasteiger charge is -2.43. The number of benzene rings is 1. The van der Waals surface area contributed by atoms with E-state index in [1.165, 1.54) is 12.8 Å². The second-order valence-corrected chi connectivity index (χ2v) is 7.50. The smallest absolute Gasteiger partial charge is 0.317 e. The second kappa shape index (κ2) is 6.67. The van der Waals surface area contributed by atoms with E-state index in [9.17, 15) is 9.59 Å². The minimum atomic E-state index is -0.771. The van der Waals surface area contributed by atoms with Gasteiger partial charge in [-0.3, -0.25) is 14.5 Å². The molecule has 0 aromatic heterocycles. The lowest BCUT2D eigenvalue weighted by molar-refractivity contribution is -0.140. The molecule has 2 aliphatic carbocycles. The third kappa shape index (κ3) is 3.63. The number of aliphatic carboxylic acids is 1. The van der Waals surface area contributed by atoms with Crippen molar-refractivity contribution in [1.29, 1.82) is 0 Å². The van der Waals surface area contributed by atoms with E-state index in [2.05, 4.69) is 10.2 Å². The molecule has 0 saturated heterocycles. The number of carboxylic acids is 1. The van der Waals surface area contributed by atoms with Crippen LogP contribution in [0, 0.1) is 5.92 Å². The number of hydrogen-bond donors (Lipinski definition) is 2. The van der Waals surface area contributed by atoms with Crippen molar-refractivity contribution in [3.8, 4) is 5.75 Å². The van der Waals surface area contributed by atoms with Crippen LogP contribution in [0.2, 0.25) is 0 Å². The summed E-state index contributed by atoms with van der Waals surface area (Å²) in [5.74, 6) is 0.469. The van der Waals surface area contributed by atoms with Gasteiger partial charge in [-0.1, -0.05) is 18.2 Å². The minimum Gasteiger partial charge on any atom is -0.492 e.